The van der Waals surface area contributed by atoms with E-state index >= 15 is 0 Å². The maximum absolute atomic E-state index is 14.1. The predicted octanol–water partition coefficient (Wildman–Crippen LogP) is 1.08. The molecule has 270 valence electrons. The number of urea groups is 2. The molecular weight excluding hydrogens is 684 g/mol. The molecule has 2 fully saturated rings. The molecule has 52 heavy (non-hydrogen) atoms. The monoisotopic (exact) mass is 716 g/mol. The van der Waals surface area contributed by atoms with Gasteiger partial charge in [0.2, 0.25) is 0 Å². The van der Waals surface area contributed by atoms with Crippen LogP contribution in [0.15, 0.2) is 48.8 Å². The van der Waals surface area contributed by atoms with Crippen LogP contribution in [-0.2, 0) is 32.0 Å². The first-order valence-electron chi connectivity index (χ1n) is 15.4. The molecule has 4 aromatic rings. The molecule has 4 heterocycles. The molecule has 20 heteroatoms. The zero-order valence-electron chi connectivity index (χ0n) is 28.7. The fraction of sp³-hybridized carbons (Fsp3) is 0.312. The van der Waals surface area contributed by atoms with Gasteiger partial charge in [-0.15, -0.1) is 10.2 Å². The van der Waals surface area contributed by atoms with E-state index < -0.39 is 42.2 Å². The van der Waals surface area contributed by atoms with Crippen molar-refractivity contribution in [3.8, 4) is 11.4 Å². The lowest BCUT2D eigenvalue weighted by atomic mass is 10.1. The van der Waals surface area contributed by atoms with Crippen molar-refractivity contribution < 1.29 is 47.7 Å². The molecule has 20 nitrogen and oxygen atoms in total. The summed E-state index contributed by atoms with van der Waals surface area (Å²) in [5.41, 5.74) is 1.61. The maximum Gasteiger partial charge on any atom is 0.337 e. The maximum atomic E-state index is 14.1. The summed E-state index contributed by atoms with van der Waals surface area (Å²) < 4.78 is 21.9. The van der Waals surface area contributed by atoms with Crippen LogP contribution < -0.4 is 0 Å². The van der Waals surface area contributed by atoms with Crippen molar-refractivity contribution >= 4 is 35.9 Å². The molecule has 2 atom stereocenters. The summed E-state index contributed by atoms with van der Waals surface area (Å²) in [5.74, 6) is -2.72. The Balaban J connectivity index is 1.27. The Morgan fingerprint density at radius 3 is 1.19 bits per heavy atom. The normalized spacial score (nSPS) is 16.7. The average Bonchev–Trinajstić information content (AvgIpc) is 3.94. The Morgan fingerprint density at radius 2 is 0.885 bits per heavy atom. The number of benzene rings is 2. The topological polar surface area (TPSA) is 214 Å². The molecular formula is C32H32N10O10. The van der Waals surface area contributed by atoms with Crippen LogP contribution >= 0.6 is 0 Å². The van der Waals surface area contributed by atoms with Gasteiger partial charge < -0.3 is 28.7 Å². The minimum absolute atomic E-state index is 0.0637. The average molecular weight is 717 g/mol. The highest BCUT2D eigenvalue weighted by atomic mass is 16.5. The zero-order valence-corrected chi connectivity index (χ0v) is 28.7. The van der Waals surface area contributed by atoms with Crippen LogP contribution in [0.4, 0.5) is 9.59 Å². The molecule has 2 saturated heterocycles. The van der Waals surface area contributed by atoms with Crippen molar-refractivity contribution in [3.63, 3.8) is 0 Å². The first kappa shape index (κ1) is 35.0. The number of amides is 4. The molecule has 0 bridgehead atoms. The Labute approximate surface area is 294 Å². The number of nitrogens with zero attached hydrogens (tertiary/aromatic N) is 10. The van der Waals surface area contributed by atoms with Gasteiger partial charge in [0, 0.05) is 14.1 Å². The molecule has 2 aliphatic heterocycles. The SMILES string of the molecule is COC(=O)c1cc(C(=O)OC)cc(-n2cc(CN3C(=O)N(Cc4cn(-c5cc(C(=O)OC)cc(C(=O)OC)c5)nn4)[C@H]4[C@@H]3N(C)C(=O)N4C)nn2)c1. The van der Waals surface area contributed by atoms with Crippen LogP contribution in [0.1, 0.15) is 52.8 Å². The summed E-state index contributed by atoms with van der Waals surface area (Å²) in [4.78, 5) is 82.2. The third kappa shape index (κ3) is 6.20. The van der Waals surface area contributed by atoms with E-state index in [0.29, 0.717) is 22.8 Å². The Morgan fingerprint density at radius 1 is 0.558 bits per heavy atom. The lowest BCUT2D eigenvalue weighted by Crippen LogP contribution is -2.44. The largest absolute Gasteiger partial charge is 0.465 e. The van der Waals surface area contributed by atoms with Gasteiger partial charge in [-0.05, 0) is 36.4 Å². The highest BCUT2D eigenvalue weighted by Gasteiger charge is 2.57. The smallest absolute Gasteiger partial charge is 0.337 e. The van der Waals surface area contributed by atoms with E-state index in [9.17, 15) is 28.8 Å². The second-order valence-corrected chi connectivity index (χ2v) is 11.7. The Bertz CT molecular complexity index is 1900. The van der Waals surface area contributed by atoms with Gasteiger partial charge in [0.1, 0.15) is 23.7 Å². The number of esters is 4. The fourth-order valence-electron chi connectivity index (χ4n) is 6.10. The molecule has 2 aromatic heterocycles. The van der Waals surface area contributed by atoms with Crippen LogP contribution in [0.5, 0.6) is 0 Å². The van der Waals surface area contributed by atoms with Crippen LogP contribution in [0.25, 0.3) is 11.4 Å². The Hall–Kier alpha value is -6.86. The van der Waals surface area contributed by atoms with Crippen molar-refractivity contribution in [2.45, 2.75) is 25.4 Å². The first-order valence-corrected chi connectivity index (χ1v) is 15.4. The third-order valence-corrected chi connectivity index (χ3v) is 8.59. The number of ether oxygens (including phenoxy) is 4. The van der Waals surface area contributed by atoms with E-state index in [-0.39, 0.29) is 41.4 Å². The van der Waals surface area contributed by atoms with E-state index in [1.165, 1.54) is 106 Å². The van der Waals surface area contributed by atoms with Crippen LogP contribution in [-0.4, -0.2) is 140 Å². The number of fused-ring (bicyclic) bond motifs is 1. The molecule has 0 aliphatic carbocycles. The van der Waals surface area contributed by atoms with Crippen molar-refractivity contribution in [3.05, 3.63) is 82.4 Å². The number of carbonyl (C=O) groups excluding carboxylic acids is 6. The molecule has 0 spiro atoms. The Kier molecular flexibility index (Phi) is 9.29. The second-order valence-electron chi connectivity index (χ2n) is 11.7. The first-order chi connectivity index (χ1) is 24.9. The van der Waals surface area contributed by atoms with Gasteiger partial charge in [-0.1, -0.05) is 10.4 Å². The van der Waals surface area contributed by atoms with Crippen molar-refractivity contribution in [2.24, 2.45) is 0 Å². The van der Waals surface area contributed by atoms with Crippen LogP contribution in [0.3, 0.4) is 0 Å². The molecule has 0 N–H and O–H groups in total. The molecule has 0 unspecified atom stereocenters. The standard InChI is InChI=1S/C32H32N10O10/c1-37-25-26(38(2)31(37)47)40(14-22-16-42(36-34-22)24-11-19(29(45)51-5)8-20(12-24)30(46)52-6)32(48)39(25)13-21-15-41(35-33-21)23-9-17(27(43)49-3)7-18(10-23)28(44)50-4/h7-12,15-16,25-26H,13-14H2,1-6H3/t25-,26+. The summed E-state index contributed by atoms with van der Waals surface area (Å²) in [5, 5.41) is 16.7. The van der Waals surface area contributed by atoms with Gasteiger partial charge in [-0.3, -0.25) is 9.80 Å². The fourth-order valence-corrected chi connectivity index (χ4v) is 6.10. The predicted molar refractivity (Wildman–Crippen MR) is 173 cm³/mol. The van der Waals surface area contributed by atoms with Crippen molar-refractivity contribution in [1.82, 2.24) is 49.6 Å². The summed E-state index contributed by atoms with van der Waals surface area (Å²) in [6.07, 6.45) is 1.61. The summed E-state index contributed by atoms with van der Waals surface area (Å²) >= 11 is 0. The van der Waals surface area contributed by atoms with Gasteiger partial charge in [-0.2, -0.15) is 0 Å². The second kappa shape index (κ2) is 13.8. The minimum Gasteiger partial charge on any atom is -0.465 e. The van der Waals surface area contributed by atoms with Crippen molar-refractivity contribution in [2.75, 3.05) is 42.5 Å². The number of rotatable bonds is 10. The summed E-state index contributed by atoms with van der Waals surface area (Å²) in [6.45, 7) is -0.127. The van der Waals surface area contributed by atoms with Gasteiger partial charge in [0.05, 0.1) is 87.6 Å². The molecule has 0 radical (unpaired) electrons. The number of aromatic nitrogens is 6. The highest BCUT2D eigenvalue weighted by Crippen LogP contribution is 2.35. The third-order valence-electron chi connectivity index (χ3n) is 8.59. The number of carbonyl (C=O) groups is 6. The number of hydrogen-bond donors (Lipinski definition) is 0. The number of hydrogen-bond acceptors (Lipinski definition) is 14. The van der Waals surface area contributed by atoms with Gasteiger partial charge >= 0.3 is 35.9 Å². The molecule has 0 saturated carbocycles. The van der Waals surface area contributed by atoms with Gasteiger partial charge in [0.15, 0.2) is 0 Å². The zero-order chi connectivity index (χ0) is 37.4. The number of likely N-dealkylation sites (N-methyl/N-ethyl adjacent to an activating group) is 2. The summed E-state index contributed by atoms with van der Waals surface area (Å²) in [6, 6.07) is 7.74. The molecule has 2 aromatic carbocycles. The molecule has 6 rings (SSSR count). The van der Waals surface area contributed by atoms with Crippen LogP contribution in [0, 0.1) is 0 Å². The van der Waals surface area contributed by atoms with E-state index in [4.69, 9.17) is 18.9 Å². The van der Waals surface area contributed by atoms with E-state index in [1.807, 2.05) is 0 Å². The lowest BCUT2D eigenvalue weighted by molar-refractivity contribution is 0.0581. The lowest BCUT2D eigenvalue weighted by Gasteiger charge is -2.26. The summed E-state index contributed by atoms with van der Waals surface area (Å²) in [7, 11) is 8.01. The van der Waals surface area contributed by atoms with Gasteiger partial charge in [0.25, 0.3) is 0 Å². The number of methoxy groups -OCH3 is 4. The van der Waals surface area contributed by atoms with E-state index in [0.717, 1.165) is 0 Å². The van der Waals surface area contributed by atoms with Crippen LogP contribution in [0.2, 0.25) is 0 Å². The molecule has 2 aliphatic rings. The molecule has 4 amide bonds. The van der Waals surface area contributed by atoms with E-state index in [2.05, 4.69) is 20.6 Å². The van der Waals surface area contributed by atoms with E-state index in [1.54, 1.807) is 14.1 Å². The van der Waals surface area contributed by atoms with Gasteiger partial charge in [-0.25, -0.2) is 38.1 Å². The minimum atomic E-state index is -0.724. The van der Waals surface area contributed by atoms with Crippen molar-refractivity contribution in [1.29, 1.82) is 0 Å². The quantitative estimate of drug-likeness (QED) is 0.166. The highest BCUT2D eigenvalue weighted by molar-refractivity contribution is 5.97.